The second-order valence-corrected chi connectivity index (χ2v) is 21.0. The number of aryl methyl sites for hydroxylation is 1. The molecule has 21 heteroatoms. The van der Waals surface area contributed by atoms with E-state index in [2.05, 4.69) is 15.8 Å². The summed E-state index contributed by atoms with van der Waals surface area (Å²) in [7, 11) is 1.41. The monoisotopic (exact) mass is 1070 g/mol. The highest BCUT2D eigenvalue weighted by Crippen LogP contribution is 2.55. The van der Waals surface area contributed by atoms with Gasteiger partial charge in [0.1, 0.15) is 28.9 Å². The van der Waals surface area contributed by atoms with Crippen LogP contribution in [-0.4, -0.2) is 121 Å². The number of methoxy groups -OCH3 is 1. The van der Waals surface area contributed by atoms with Crippen LogP contribution in [-0.2, 0) is 23.8 Å². The van der Waals surface area contributed by atoms with Crippen LogP contribution < -0.4 is 25.9 Å². The first-order valence-corrected chi connectivity index (χ1v) is 25.6. The van der Waals surface area contributed by atoms with Crippen molar-refractivity contribution in [1.82, 2.24) is 9.83 Å². The van der Waals surface area contributed by atoms with Crippen molar-refractivity contribution in [2.75, 3.05) is 30.4 Å². The van der Waals surface area contributed by atoms with E-state index < -0.39 is 129 Å². The molecule has 2 aromatic heterocycles. The first kappa shape index (κ1) is 55.7. The smallest absolute Gasteiger partial charge is 0.341 e. The minimum absolute atomic E-state index is 0.0191. The number of carboxylic acid groups (broad SMARTS) is 1. The number of benzene rings is 2. The maximum atomic E-state index is 16.1. The van der Waals surface area contributed by atoms with Gasteiger partial charge in [0.2, 0.25) is 0 Å². The number of carboxylic acids is 1. The van der Waals surface area contributed by atoms with Crippen LogP contribution in [0.25, 0.3) is 16.3 Å². The fourth-order valence-electron chi connectivity index (χ4n) is 11.0. The number of carbonyl (C=O) groups is 4. The molecule has 77 heavy (non-hydrogen) atoms. The van der Waals surface area contributed by atoms with Gasteiger partial charge in [-0.05, 0) is 69.2 Å². The maximum Gasteiger partial charge on any atom is 0.341 e. The number of nitrogens with zero attached hydrogens (tertiary/aromatic N) is 3. The Labute approximate surface area is 443 Å². The number of phenols is 3. The van der Waals surface area contributed by atoms with Crippen LogP contribution in [0.3, 0.4) is 0 Å². The number of aromatic hydroxyl groups is 3. The quantitative estimate of drug-likeness (QED) is 0.0303. The van der Waals surface area contributed by atoms with Crippen molar-refractivity contribution in [1.29, 1.82) is 0 Å². The van der Waals surface area contributed by atoms with Gasteiger partial charge in [-0.15, -0.1) is 0 Å². The number of phenolic OH excluding ortho intramolecular Hbond substituents is 3. The first-order valence-electron chi connectivity index (χ1n) is 25.6. The predicted molar refractivity (Wildman–Crippen MR) is 282 cm³/mol. The van der Waals surface area contributed by atoms with Gasteiger partial charge in [0.15, 0.2) is 11.6 Å². The lowest BCUT2D eigenvalue weighted by atomic mass is 9.78. The lowest BCUT2D eigenvalue weighted by Gasteiger charge is -2.38. The number of amides is 1. The molecular formula is C56H66FN5O15. The first-order chi connectivity index (χ1) is 36.3. The third-order valence-electron chi connectivity index (χ3n) is 15.7. The molecule has 2 fully saturated rings. The summed E-state index contributed by atoms with van der Waals surface area (Å²) in [5, 5.41) is 75.4. The van der Waals surface area contributed by atoms with Crippen LogP contribution in [0.5, 0.6) is 23.0 Å². The Bertz CT molecular complexity index is 3270. The molecule has 8 N–H and O–H groups in total. The molecular weight excluding hydrogens is 1000 g/mol. The second kappa shape index (κ2) is 21.5. The Balaban J connectivity index is 1.19. The zero-order valence-corrected chi connectivity index (χ0v) is 44.5. The van der Waals surface area contributed by atoms with E-state index in [1.807, 2.05) is 0 Å². The Kier molecular flexibility index (Phi) is 15.6. The molecule has 5 bridgehead atoms. The number of rotatable bonds is 8. The van der Waals surface area contributed by atoms with Crippen molar-refractivity contribution in [3.8, 4) is 23.0 Å². The summed E-state index contributed by atoms with van der Waals surface area (Å²) in [5.41, 5.74) is 2.61. The molecule has 1 saturated heterocycles. The topological polar surface area (TPSA) is 288 Å². The zero-order chi connectivity index (χ0) is 56.3. The molecule has 9 rings (SSSR count). The molecule has 412 valence electrons. The molecule has 2 aromatic carbocycles. The van der Waals surface area contributed by atoms with E-state index in [0.29, 0.717) is 29.6 Å². The average Bonchev–Trinajstić information content (AvgIpc) is 4.19. The molecule has 0 spiro atoms. The Morgan fingerprint density at radius 2 is 1.65 bits per heavy atom. The standard InChI is InChI=1S/C56H66FN5O15/c1-24-12-11-13-25(2)53(70)59-42-36(21-58-60-33-16-18-61(22-33)44-27(4)43-34(32-14-15-32)20-35(55(72)73)54(71)62(43)23-37(44)57)48(67)39-40(49(42)68)47(66)30(7)51-41(39)52(69)56(9,77-51)75-19-17-38(74-10)26(3)50(76-31(8)63)29(6)46(65)28(5)45(24)64/h11-13,17,19-21,23-24,26,28-29,32-33,38,45-46,50,60,64-68H,14-16,18,22H2,1-10H3,(H,59,70)(H,72,73)/b12-11+,19-17+,25-13-,58-21+/t24-,26+,28+,29+,33-,38-,45-,46+,50+,56-/m0/s1. The number of aliphatic hydroxyl groups excluding tert-OH is 2. The number of pyridine rings is 2. The number of nitrogens with one attached hydrogen (secondary N) is 2. The second-order valence-electron chi connectivity index (χ2n) is 21.0. The lowest BCUT2D eigenvalue weighted by molar-refractivity contribution is -0.160. The molecule has 0 radical (unpaired) electrons. The fraction of sp³-hybridized carbons (Fsp3) is 0.464. The minimum Gasteiger partial charge on any atom is -0.507 e. The van der Waals surface area contributed by atoms with E-state index >= 15 is 4.39 Å². The van der Waals surface area contributed by atoms with Gasteiger partial charge in [-0.2, -0.15) is 5.10 Å². The van der Waals surface area contributed by atoms with Gasteiger partial charge >= 0.3 is 17.7 Å². The highest BCUT2D eigenvalue weighted by molar-refractivity contribution is 6.24. The average molecular weight is 1070 g/mol. The van der Waals surface area contributed by atoms with Crippen LogP contribution in [0.15, 0.2) is 58.3 Å². The SMILES string of the molecule is CO[C@H]1/C=C/O[C@@]2(C)Oc3c(C)c(O)c4c(O)c(c(/C=N/N[C@H]5CCN(c6c(F)cn7c(=O)c(C(=O)O)cc(C8CC8)c7c6C)C5)c(O)c4c3C2=O)NC(=O)/C(C)=C\C=C\[C@H](C)[C@H](O)[C@@H](C)[C@@H](O)[C@@H](C)[C@H](OC(C)=O)[C@@H]1C. The number of esters is 1. The van der Waals surface area contributed by atoms with Crippen LogP contribution in [0.1, 0.15) is 117 Å². The van der Waals surface area contributed by atoms with Crippen LogP contribution in [0, 0.1) is 43.3 Å². The van der Waals surface area contributed by atoms with Gasteiger partial charge in [0.25, 0.3) is 17.2 Å². The third kappa shape index (κ3) is 10.2. The predicted octanol–water partition coefficient (Wildman–Crippen LogP) is 6.59. The molecule has 6 heterocycles. The number of fused-ring (bicyclic) bond motifs is 15. The summed E-state index contributed by atoms with van der Waals surface area (Å²) in [6.07, 6.45) is 7.26. The Morgan fingerprint density at radius 3 is 2.30 bits per heavy atom. The fourth-order valence-corrected chi connectivity index (χ4v) is 11.0. The highest BCUT2D eigenvalue weighted by Gasteiger charge is 2.50. The summed E-state index contributed by atoms with van der Waals surface area (Å²) < 4.78 is 40.9. The number of carbonyl (C=O) groups excluding carboxylic acids is 3. The number of hydrazone groups is 1. The number of halogens is 1. The number of hydrogen-bond donors (Lipinski definition) is 8. The summed E-state index contributed by atoms with van der Waals surface area (Å²) in [6.45, 7) is 14.5. The molecule has 4 aromatic rings. The van der Waals surface area contributed by atoms with E-state index in [9.17, 15) is 54.6 Å². The molecule has 1 saturated carbocycles. The number of allylic oxidation sites excluding steroid dienone is 2. The summed E-state index contributed by atoms with van der Waals surface area (Å²) >= 11 is 0. The number of aromatic nitrogens is 1. The number of Topliss-reactive ketones (excluding diaryl/α,β-unsaturated/α-hetero) is 1. The molecule has 5 aliphatic rings. The van der Waals surface area contributed by atoms with E-state index in [1.165, 1.54) is 59.1 Å². The van der Waals surface area contributed by atoms with Crippen molar-refractivity contribution in [2.45, 2.75) is 124 Å². The number of ether oxygens (including phenoxy) is 4. The summed E-state index contributed by atoms with van der Waals surface area (Å²) in [5.74, 6) is -11.4. The Morgan fingerprint density at radius 1 is 0.948 bits per heavy atom. The van der Waals surface area contributed by atoms with Crippen molar-refractivity contribution >= 4 is 57.5 Å². The van der Waals surface area contributed by atoms with Crippen molar-refractivity contribution < 1.29 is 73.2 Å². The van der Waals surface area contributed by atoms with Gasteiger partial charge in [-0.3, -0.25) is 23.6 Å². The van der Waals surface area contributed by atoms with Gasteiger partial charge < -0.3 is 65.2 Å². The number of aromatic carboxylic acids is 1. The normalized spacial score (nSPS) is 28.8. The number of hydrogen-bond acceptors (Lipinski definition) is 17. The van der Waals surface area contributed by atoms with E-state index in [1.54, 1.807) is 45.6 Å². The van der Waals surface area contributed by atoms with Gasteiger partial charge in [-0.1, -0.05) is 45.9 Å². The van der Waals surface area contributed by atoms with Gasteiger partial charge in [0.05, 0.1) is 76.4 Å². The third-order valence-corrected chi connectivity index (χ3v) is 15.7. The lowest BCUT2D eigenvalue weighted by Crippen LogP contribution is -2.46. The maximum absolute atomic E-state index is 16.1. The largest absolute Gasteiger partial charge is 0.507 e. The summed E-state index contributed by atoms with van der Waals surface area (Å²) in [4.78, 5) is 68.2. The van der Waals surface area contributed by atoms with Crippen molar-refractivity contribution in [2.24, 2.45) is 28.8 Å². The van der Waals surface area contributed by atoms with E-state index in [4.69, 9.17) is 18.9 Å². The molecule has 0 unspecified atom stereocenters. The molecule has 1 aliphatic carbocycles. The minimum atomic E-state index is -2.14. The van der Waals surface area contributed by atoms with Crippen LogP contribution in [0.2, 0.25) is 0 Å². The van der Waals surface area contributed by atoms with E-state index in [0.717, 1.165) is 35.9 Å². The molecule has 1 amide bonds. The zero-order valence-electron chi connectivity index (χ0n) is 44.5. The summed E-state index contributed by atoms with van der Waals surface area (Å²) in [6, 6.07) is 0.931. The van der Waals surface area contributed by atoms with Gasteiger partial charge in [0, 0.05) is 74.2 Å². The van der Waals surface area contributed by atoms with Crippen molar-refractivity contribution in [3.63, 3.8) is 0 Å². The van der Waals surface area contributed by atoms with Crippen LogP contribution in [0.4, 0.5) is 15.8 Å². The van der Waals surface area contributed by atoms with Crippen molar-refractivity contribution in [3.05, 3.63) is 98.0 Å². The molecule has 10 atom stereocenters. The highest BCUT2D eigenvalue weighted by atomic mass is 19.1. The number of ketones is 1. The number of anilines is 2. The van der Waals surface area contributed by atoms with Crippen LogP contribution >= 0.6 is 0 Å². The van der Waals surface area contributed by atoms with E-state index in [-0.39, 0.29) is 51.5 Å². The Hall–Kier alpha value is -7.49. The van der Waals surface area contributed by atoms with Gasteiger partial charge in [-0.25, -0.2) is 9.18 Å². The molecule has 4 aliphatic heterocycles. The number of aliphatic hydroxyl groups is 2. The molecule has 20 nitrogen and oxygen atoms in total.